The zero-order valence-electron chi connectivity index (χ0n) is 10.0. The van der Waals surface area contributed by atoms with E-state index in [0.717, 1.165) is 0 Å². The minimum Gasteiger partial charge on any atom is -0.481 e. The van der Waals surface area contributed by atoms with E-state index in [4.69, 9.17) is 9.84 Å². The zero-order valence-corrected chi connectivity index (χ0v) is 10.0. The predicted molar refractivity (Wildman–Crippen MR) is 58.2 cm³/mol. The van der Waals surface area contributed by atoms with E-state index < -0.39 is 11.6 Å². The molecule has 0 aromatic carbocycles. The number of amides is 1. The van der Waals surface area contributed by atoms with Crippen molar-refractivity contribution in [1.29, 1.82) is 0 Å². The molecule has 1 aliphatic heterocycles. The Morgan fingerprint density at radius 3 is 2.12 bits per heavy atom. The lowest BCUT2D eigenvalue weighted by Crippen LogP contribution is -2.42. The predicted octanol–water partition coefficient (Wildman–Crippen LogP) is 1.72. The summed E-state index contributed by atoms with van der Waals surface area (Å²) in [5, 5.41) is 8.81. The Hall–Kier alpha value is -1.26. The molecular weight excluding hydrogens is 212 g/mol. The van der Waals surface area contributed by atoms with Crippen LogP contribution in [0.2, 0.25) is 0 Å². The van der Waals surface area contributed by atoms with Crippen molar-refractivity contribution < 1.29 is 19.4 Å². The first kappa shape index (κ1) is 12.8. The summed E-state index contributed by atoms with van der Waals surface area (Å²) in [6.07, 6.45) is 0.666. The SMILES string of the molecule is CC(C)(C)OC(=O)N1CC[14CH](C(=O)O)CC1. The van der Waals surface area contributed by atoms with Gasteiger partial charge in [-0.2, -0.15) is 0 Å². The first-order chi connectivity index (χ1) is 7.29. The molecule has 5 heteroatoms. The second-order valence-corrected chi connectivity index (χ2v) is 5.08. The Kier molecular flexibility index (Phi) is 3.78. The maximum Gasteiger partial charge on any atom is 0.410 e. The van der Waals surface area contributed by atoms with E-state index in [9.17, 15) is 9.59 Å². The van der Waals surface area contributed by atoms with Gasteiger partial charge in [-0.15, -0.1) is 0 Å². The lowest BCUT2D eigenvalue weighted by atomic mass is 10.2. The van der Waals surface area contributed by atoms with Crippen LogP contribution in [0.4, 0.5) is 4.79 Å². The summed E-state index contributed by atoms with van der Waals surface area (Å²) in [4.78, 5) is 23.9. The molecule has 0 atom stereocenters. The third-order valence-corrected chi connectivity index (χ3v) is 2.50. The molecule has 0 aromatic rings. The molecule has 1 aliphatic rings. The van der Waals surface area contributed by atoms with Gasteiger partial charge < -0.3 is 14.7 Å². The molecule has 0 aromatic heterocycles. The van der Waals surface area contributed by atoms with E-state index in [1.54, 1.807) is 4.90 Å². The van der Waals surface area contributed by atoms with Crippen molar-refractivity contribution in [1.82, 2.24) is 4.90 Å². The van der Waals surface area contributed by atoms with Crippen molar-refractivity contribution in [3.63, 3.8) is 0 Å². The quantitative estimate of drug-likeness (QED) is 0.746. The summed E-state index contributed by atoms with van der Waals surface area (Å²) in [6.45, 7) is 6.37. The minimum absolute atomic E-state index is 0.321. The molecule has 0 unspecified atom stereocenters. The molecule has 0 saturated carbocycles. The van der Waals surface area contributed by atoms with Crippen LogP contribution >= 0.6 is 0 Å². The van der Waals surface area contributed by atoms with Crippen molar-refractivity contribution in [2.45, 2.75) is 39.2 Å². The molecular formula is C11H19NO4. The first-order valence-electron chi connectivity index (χ1n) is 5.50. The summed E-state index contributed by atoms with van der Waals surface area (Å²) >= 11 is 0. The van der Waals surface area contributed by atoms with E-state index in [-0.39, 0.29) is 12.0 Å². The number of ether oxygens (including phenoxy) is 1. The largest absolute Gasteiger partial charge is 0.481 e. The fraction of sp³-hybridized carbons (Fsp3) is 0.818. The van der Waals surface area contributed by atoms with Crippen LogP contribution in [0.1, 0.15) is 33.6 Å². The maximum absolute atomic E-state index is 11.6. The number of hydrogen-bond donors (Lipinski definition) is 1. The Bertz CT molecular complexity index is 274. The number of hydrogen-bond acceptors (Lipinski definition) is 3. The monoisotopic (exact) mass is 231 g/mol. The van der Waals surface area contributed by atoms with Gasteiger partial charge in [0.25, 0.3) is 0 Å². The summed E-state index contributed by atoms with van der Waals surface area (Å²) < 4.78 is 5.21. The highest BCUT2D eigenvalue weighted by atomic mass is 16.6. The molecule has 1 N–H and O–H groups in total. The van der Waals surface area contributed by atoms with Gasteiger partial charge in [-0.25, -0.2) is 4.79 Å². The van der Waals surface area contributed by atoms with Gasteiger partial charge in [-0.3, -0.25) is 4.79 Å². The van der Waals surface area contributed by atoms with E-state index in [2.05, 4.69) is 0 Å². The topological polar surface area (TPSA) is 66.8 Å². The normalized spacial score (nSPS) is 18.3. The van der Waals surface area contributed by atoms with E-state index in [0.29, 0.717) is 25.9 Å². The van der Waals surface area contributed by atoms with Crippen LogP contribution in [0.3, 0.4) is 0 Å². The molecule has 1 amide bonds. The summed E-state index contributed by atoms with van der Waals surface area (Å²) in [6, 6.07) is 0. The van der Waals surface area contributed by atoms with Crippen molar-refractivity contribution in [3.8, 4) is 0 Å². The van der Waals surface area contributed by atoms with Crippen LogP contribution < -0.4 is 0 Å². The zero-order chi connectivity index (χ0) is 12.3. The van der Waals surface area contributed by atoms with Crippen molar-refractivity contribution in [2.24, 2.45) is 5.92 Å². The van der Waals surface area contributed by atoms with Crippen LogP contribution in [-0.4, -0.2) is 40.8 Å². The maximum atomic E-state index is 11.6. The Morgan fingerprint density at radius 2 is 1.75 bits per heavy atom. The molecule has 0 bridgehead atoms. The van der Waals surface area contributed by atoms with Gasteiger partial charge in [-0.1, -0.05) is 0 Å². The molecule has 1 heterocycles. The number of carboxylic acid groups (broad SMARTS) is 1. The average Bonchev–Trinajstić information content (AvgIpc) is 2.15. The first-order valence-corrected chi connectivity index (χ1v) is 5.50. The summed E-state index contributed by atoms with van der Waals surface area (Å²) in [5.74, 6) is -1.09. The highest BCUT2D eigenvalue weighted by Crippen LogP contribution is 2.19. The Morgan fingerprint density at radius 1 is 1.25 bits per heavy atom. The van der Waals surface area contributed by atoms with Crippen LogP contribution in [0.25, 0.3) is 0 Å². The molecule has 1 rings (SSSR count). The highest BCUT2D eigenvalue weighted by Gasteiger charge is 2.29. The van der Waals surface area contributed by atoms with Gasteiger partial charge in [0.2, 0.25) is 0 Å². The number of piperidine rings is 1. The second kappa shape index (κ2) is 4.72. The van der Waals surface area contributed by atoms with Crippen LogP contribution in [0.5, 0.6) is 0 Å². The number of carbonyl (C=O) groups is 2. The fourth-order valence-corrected chi connectivity index (χ4v) is 1.64. The molecule has 0 radical (unpaired) electrons. The fourth-order valence-electron chi connectivity index (χ4n) is 1.64. The van der Waals surface area contributed by atoms with E-state index in [1.807, 2.05) is 20.8 Å². The smallest absolute Gasteiger partial charge is 0.410 e. The number of likely N-dealkylation sites (tertiary alicyclic amines) is 1. The van der Waals surface area contributed by atoms with Crippen molar-refractivity contribution >= 4 is 12.1 Å². The minimum atomic E-state index is -0.774. The third-order valence-electron chi connectivity index (χ3n) is 2.50. The molecule has 92 valence electrons. The molecule has 0 aliphatic carbocycles. The molecule has 16 heavy (non-hydrogen) atoms. The van der Waals surface area contributed by atoms with Gasteiger partial charge in [-0.05, 0) is 33.6 Å². The van der Waals surface area contributed by atoms with Gasteiger partial charge >= 0.3 is 12.1 Å². The van der Waals surface area contributed by atoms with Crippen molar-refractivity contribution in [2.75, 3.05) is 13.1 Å². The average molecular weight is 231 g/mol. The lowest BCUT2D eigenvalue weighted by Gasteiger charge is -2.32. The van der Waals surface area contributed by atoms with Gasteiger partial charge in [0, 0.05) is 13.1 Å². The van der Waals surface area contributed by atoms with Crippen LogP contribution in [-0.2, 0) is 9.53 Å². The molecule has 1 saturated heterocycles. The van der Waals surface area contributed by atoms with Crippen LogP contribution in [0.15, 0.2) is 0 Å². The second-order valence-electron chi connectivity index (χ2n) is 5.08. The summed E-state index contributed by atoms with van der Waals surface area (Å²) in [5.41, 5.74) is -0.499. The standard InChI is InChI=1S/C11H19NO4/c1-11(2,3)16-10(15)12-6-4-8(5-7-12)9(13)14/h8H,4-7H2,1-3H3,(H,13,14)/i8+2. The molecule has 1 fully saturated rings. The van der Waals surface area contributed by atoms with Gasteiger partial charge in [0.1, 0.15) is 5.60 Å². The number of rotatable bonds is 1. The van der Waals surface area contributed by atoms with Gasteiger partial charge in [0.05, 0.1) is 5.92 Å². The third kappa shape index (κ3) is 3.72. The number of aliphatic carboxylic acids is 1. The van der Waals surface area contributed by atoms with E-state index in [1.165, 1.54) is 0 Å². The highest BCUT2D eigenvalue weighted by molar-refractivity contribution is 5.71. The van der Waals surface area contributed by atoms with Crippen molar-refractivity contribution in [3.05, 3.63) is 0 Å². The Labute approximate surface area is 95.4 Å². The molecule has 0 spiro atoms. The van der Waals surface area contributed by atoms with Gasteiger partial charge in [0.15, 0.2) is 0 Å². The number of carboxylic acids is 1. The number of carbonyl (C=O) groups excluding carboxylic acids is 1. The Balaban J connectivity index is 2.42. The summed E-state index contributed by atoms with van der Waals surface area (Å²) in [7, 11) is 0. The van der Waals surface area contributed by atoms with Crippen LogP contribution in [0, 0.1) is 5.92 Å². The lowest BCUT2D eigenvalue weighted by molar-refractivity contribution is -0.143. The molecule has 5 nitrogen and oxygen atoms in total. The number of nitrogens with zero attached hydrogens (tertiary/aromatic N) is 1. The van der Waals surface area contributed by atoms with E-state index >= 15 is 0 Å².